The first-order chi connectivity index (χ1) is 37.1. The van der Waals surface area contributed by atoms with Gasteiger partial charge in [-0.05, 0) is 113 Å². The molecule has 1 saturated heterocycles. The number of nitrogens with one attached hydrogen (secondary N) is 5. The number of hydrogen-bond acceptors (Lipinski definition) is 12. The van der Waals surface area contributed by atoms with Crippen LogP contribution >= 0.6 is 0 Å². The first-order valence-corrected chi connectivity index (χ1v) is 27.9. The third kappa shape index (κ3) is 19.3. The van der Waals surface area contributed by atoms with Gasteiger partial charge >= 0.3 is 11.9 Å². The van der Waals surface area contributed by atoms with Crippen molar-refractivity contribution in [3.8, 4) is 5.75 Å². The highest BCUT2D eigenvalue weighted by Crippen LogP contribution is 2.27. The van der Waals surface area contributed by atoms with E-state index >= 15 is 0 Å². The van der Waals surface area contributed by atoms with Crippen LogP contribution in [0.15, 0.2) is 91.0 Å². The number of para-hydroxylation sites is 1. The van der Waals surface area contributed by atoms with Crippen molar-refractivity contribution in [2.75, 3.05) is 13.7 Å². The SMILES string of the molecule is CCC[C@H](NC(=O)[C@H](Cc1ccc(CS(=O)(=O)O)cc1)NC(=O)c1cccc(/C=C/C(=O)OC(C)(C)C)c1OC)C(=O)N1CCC[C@H]1C(=O)N[C@@H](Cc1cccc2ccccc12)C(=O)N[C@@H](CCCC(=O)O)C(=O)NC(C)(C)C. The highest BCUT2D eigenvalue weighted by Gasteiger charge is 2.40. The molecule has 0 saturated carbocycles. The van der Waals surface area contributed by atoms with E-state index in [0.717, 1.165) is 10.8 Å². The number of ether oxygens (including phenoxy) is 2. The molecule has 7 N–H and O–H groups in total. The van der Waals surface area contributed by atoms with Crippen LogP contribution in [0.5, 0.6) is 5.75 Å². The Labute approximate surface area is 461 Å². The van der Waals surface area contributed by atoms with Crippen molar-refractivity contribution in [1.29, 1.82) is 0 Å². The predicted octanol–water partition coefficient (Wildman–Crippen LogP) is 5.59. The summed E-state index contributed by atoms with van der Waals surface area (Å²) in [6.07, 6.45) is 3.37. The summed E-state index contributed by atoms with van der Waals surface area (Å²) in [4.78, 5) is 112. The molecular formula is C58H74N6O14S. The second-order valence-electron chi connectivity index (χ2n) is 21.6. The van der Waals surface area contributed by atoms with Gasteiger partial charge in [0.05, 0.1) is 12.7 Å². The summed E-state index contributed by atoms with van der Waals surface area (Å²) in [5.74, 6) is -6.32. The first kappa shape index (κ1) is 62.2. The zero-order chi connectivity index (χ0) is 58.2. The van der Waals surface area contributed by atoms with Crippen LogP contribution in [0.2, 0.25) is 0 Å². The third-order valence-electron chi connectivity index (χ3n) is 12.7. The van der Waals surface area contributed by atoms with Gasteiger partial charge in [0.2, 0.25) is 29.5 Å². The molecule has 20 nitrogen and oxygen atoms in total. The molecule has 0 unspecified atom stereocenters. The lowest BCUT2D eigenvalue weighted by Gasteiger charge is -2.31. The predicted molar refractivity (Wildman–Crippen MR) is 297 cm³/mol. The quantitative estimate of drug-likeness (QED) is 0.0242. The Morgan fingerprint density at radius 3 is 2.01 bits per heavy atom. The van der Waals surface area contributed by atoms with Crippen LogP contribution in [-0.2, 0) is 67.0 Å². The number of aliphatic carboxylic acids is 1. The van der Waals surface area contributed by atoms with Gasteiger partial charge in [0.15, 0.2) is 0 Å². The number of carboxylic acids is 1. The monoisotopic (exact) mass is 1110 g/mol. The number of benzene rings is 4. The zero-order valence-corrected chi connectivity index (χ0v) is 46.9. The van der Waals surface area contributed by atoms with Gasteiger partial charge in [0, 0.05) is 43.0 Å². The number of hydrogen-bond donors (Lipinski definition) is 7. The number of esters is 1. The molecule has 0 bridgehead atoms. The molecule has 6 amide bonds. The van der Waals surface area contributed by atoms with E-state index in [0.29, 0.717) is 29.5 Å². The van der Waals surface area contributed by atoms with Crippen LogP contribution in [0.25, 0.3) is 16.8 Å². The summed E-state index contributed by atoms with van der Waals surface area (Å²) in [5, 5.41) is 25.2. The van der Waals surface area contributed by atoms with E-state index in [1.165, 1.54) is 54.5 Å². The van der Waals surface area contributed by atoms with Crippen molar-refractivity contribution in [3.63, 3.8) is 0 Å². The van der Waals surface area contributed by atoms with E-state index in [2.05, 4.69) is 26.6 Å². The molecule has 1 fully saturated rings. The summed E-state index contributed by atoms with van der Waals surface area (Å²) in [5.41, 5.74) is 0.323. The number of carbonyl (C=O) groups is 8. The Hall–Kier alpha value is -7.65. The number of carboxylic acid groups (broad SMARTS) is 1. The average molecular weight is 1110 g/mol. The molecule has 0 radical (unpaired) electrons. The van der Waals surface area contributed by atoms with E-state index in [9.17, 15) is 56.4 Å². The minimum absolute atomic E-state index is 0.00318. The van der Waals surface area contributed by atoms with Gasteiger partial charge in [-0.1, -0.05) is 92.2 Å². The number of rotatable bonds is 25. The van der Waals surface area contributed by atoms with Gasteiger partial charge in [0.1, 0.15) is 47.3 Å². The highest BCUT2D eigenvalue weighted by atomic mass is 32.2. The van der Waals surface area contributed by atoms with E-state index in [1.54, 1.807) is 60.6 Å². The lowest BCUT2D eigenvalue weighted by molar-refractivity contribution is -0.148. The average Bonchev–Trinajstić information content (AvgIpc) is 3.88. The lowest BCUT2D eigenvalue weighted by atomic mass is 9.97. The minimum atomic E-state index is -4.36. The number of fused-ring (bicyclic) bond motifs is 1. The van der Waals surface area contributed by atoms with Crippen LogP contribution in [0.3, 0.4) is 0 Å². The largest absolute Gasteiger partial charge is 0.495 e. The Kier molecular flexibility index (Phi) is 21.9. The smallest absolute Gasteiger partial charge is 0.331 e. The Morgan fingerprint density at radius 2 is 1.38 bits per heavy atom. The van der Waals surface area contributed by atoms with Gasteiger partial charge in [-0.2, -0.15) is 8.42 Å². The number of amides is 6. The Morgan fingerprint density at radius 1 is 0.747 bits per heavy atom. The van der Waals surface area contributed by atoms with E-state index in [4.69, 9.17) is 9.47 Å². The molecule has 4 aromatic rings. The van der Waals surface area contributed by atoms with Gasteiger partial charge < -0.3 is 46.1 Å². The molecule has 0 aliphatic carbocycles. The standard InChI is InChI=1S/C58H74N6O14S/c1-9-16-44(60-52(69)45(33-36-26-28-37(29-27-36)35-79(74,75)76)61-51(68)42-22-13-19-39(50(42)77-8)30-31-49(67)78-58(5,6)7)56(73)64-32-15-24-47(64)55(72)62-46(34-40-20-12-18-38-17-10-11-21-41(38)40)53(70)59-43(23-14-25-48(65)66)54(71)63-57(2,3)4/h10-13,17-22,26-31,43-47H,9,14-16,23-25,32-35H2,1-8H3,(H,59,70)(H,60,69)(H,61,68)(H,62,72)(H,63,71)(H,65,66)(H,74,75,76)/b31-30+/t43-,44-,45-,46-,47-/m0/s1. The minimum Gasteiger partial charge on any atom is -0.495 e. The van der Waals surface area contributed by atoms with Crippen LogP contribution in [0.4, 0.5) is 0 Å². The fourth-order valence-corrected chi connectivity index (χ4v) is 9.81. The second kappa shape index (κ2) is 27.8. The molecular weight excluding hydrogens is 1040 g/mol. The zero-order valence-electron chi connectivity index (χ0n) is 46.1. The van der Waals surface area contributed by atoms with Crippen molar-refractivity contribution >= 4 is 74.3 Å². The molecule has 5 atom stereocenters. The molecule has 0 aromatic heterocycles. The van der Waals surface area contributed by atoms with Crippen LogP contribution < -0.4 is 31.3 Å². The van der Waals surface area contributed by atoms with Crippen LogP contribution in [0.1, 0.15) is 126 Å². The second-order valence-corrected chi connectivity index (χ2v) is 23.0. The van der Waals surface area contributed by atoms with Crippen molar-refractivity contribution < 1.29 is 65.9 Å². The maximum Gasteiger partial charge on any atom is 0.331 e. The third-order valence-corrected chi connectivity index (χ3v) is 13.4. The van der Waals surface area contributed by atoms with Crippen molar-refractivity contribution in [1.82, 2.24) is 31.5 Å². The van der Waals surface area contributed by atoms with Crippen molar-refractivity contribution in [2.45, 2.75) is 153 Å². The number of methoxy groups -OCH3 is 1. The van der Waals surface area contributed by atoms with Gasteiger partial charge in [-0.25, -0.2) is 4.79 Å². The molecule has 0 spiro atoms. The molecule has 426 valence electrons. The molecule has 21 heteroatoms. The summed E-state index contributed by atoms with van der Waals surface area (Å²) in [6, 6.07) is 17.5. The molecule has 1 aliphatic rings. The first-order valence-electron chi connectivity index (χ1n) is 26.3. The topological polar surface area (TPSA) is 293 Å². The number of nitrogens with zero attached hydrogens (tertiary/aromatic N) is 1. The molecule has 5 rings (SSSR count). The summed E-state index contributed by atoms with van der Waals surface area (Å²) in [7, 11) is -3.03. The van der Waals surface area contributed by atoms with E-state index in [-0.39, 0.29) is 68.4 Å². The Balaban J connectivity index is 1.43. The molecule has 1 heterocycles. The normalized spacial score (nSPS) is 15.3. The summed E-state index contributed by atoms with van der Waals surface area (Å²) >= 11 is 0. The van der Waals surface area contributed by atoms with E-state index < -0.39 is 105 Å². The van der Waals surface area contributed by atoms with Crippen LogP contribution in [0, 0.1) is 0 Å². The van der Waals surface area contributed by atoms with E-state index in [1.807, 2.05) is 42.5 Å². The summed E-state index contributed by atoms with van der Waals surface area (Å²) < 4.78 is 43.7. The van der Waals surface area contributed by atoms with Crippen molar-refractivity contribution in [3.05, 3.63) is 119 Å². The molecule has 1 aliphatic heterocycles. The van der Waals surface area contributed by atoms with Crippen molar-refractivity contribution in [2.24, 2.45) is 0 Å². The van der Waals surface area contributed by atoms with Gasteiger partial charge in [0.25, 0.3) is 16.0 Å². The summed E-state index contributed by atoms with van der Waals surface area (Å²) in [6.45, 7) is 12.4. The number of likely N-dealkylation sites (tertiary alicyclic amines) is 1. The fraction of sp³-hybridized carbons (Fsp3) is 0.448. The van der Waals surface area contributed by atoms with Gasteiger partial charge in [-0.3, -0.25) is 38.1 Å². The molecule has 4 aromatic carbocycles. The maximum absolute atomic E-state index is 14.8. The lowest BCUT2D eigenvalue weighted by Crippen LogP contribution is -2.59. The van der Waals surface area contributed by atoms with Gasteiger partial charge in [-0.15, -0.1) is 0 Å². The maximum atomic E-state index is 14.8. The highest BCUT2D eigenvalue weighted by molar-refractivity contribution is 7.85. The van der Waals surface area contributed by atoms with Crippen LogP contribution in [-0.4, -0.2) is 125 Å². The molecule has 79 heavy (non-hydrogen) atoms. The number of carbonyl (C=O) groups excluding carboxylic acids is 7. The Bertz CT molecular complexity index is 3000. The fourth-order valence-electron chi connectivity index (χ4n) is 9.19.